The van der Waals surface area contributed by atoms with Crippen molar-refractivity contribution < 1.29 is 19.6 Å². The summed E-state index contributed by atoms with van der Waals surface area (Å²) in [6.07, 6.45) is 2.09. The lowest BCUT2D eigenvalue weighted by atomic mass is 10.1. The first kappa shape index (κ1) is 23.0. The largest absolute Gasteiger partial charge is 0.350 e. The average Bonchev–Trinajstić information content (AvgIpc) is 3.65. The molecule has 1 fully saturated rings. The van der Waals surface area contributed by atoms with Crippen LogP contribution < -0.4 is 21.4 Å². The van der Waals surface area contributed by atoms with E-state index in [1.807, 2.05) is 30.3 Å². The van der Waals surface area contributed by atoms with Gasteiger partial charge in [-0.3, -0.25) is 19.6 Å². The molecule has 0 saturated heterocycles. The fraction of sp³-hybridized carbons (Fsp3) is 0.292. The summed E-state index contributed by atoms with van der Waals surface area (Å²) in [6, 6.07) is 14.6. The molecule has 2 aromatic rings. The van der Waals surface area contributed by atoms with E-state index in [9.17, 15) is 14.4 Å². The predicted octanol–water partition coefficient (Wildman–Crippen LogP) is 0.947. The molecule has 3 rings (SSSR count). The van der Waals surface area contributed by atoms with E-state index >= 15 is 0 Å². The average molecular weight is 434 g/mol. The Morgan fingerprint density at radius 1 is 0.969 bits per heavy atom. The first-order valence-electron chi connectivity index (χ1n) is 10.4. The lowest BCUT2D eigenvalue weighted by Crippen LogP contribution is -2.58. The number of hydrogen-bond donors (Lipinski definition) is 5. The number of rotatable bonds is 8. The standard InChI is InChI=1S/C24H26N4O4/c1-16(26-21(29)15-25-20-13-14-20)22(24(31)28-32)27-23(30)19-11-9-18(10-12-19)8-7-17-5-3-2-4-6-17/h2-6,9-12,16,20,22,25,32H,13-15H2,1H3,(H,26,29)(H,27,30)(H,28,31)/t16-,22+/m1/s1. The van der Waals surface area contributed by atoms with Gasteiger partial charge in [-0.15, -0.1) is 0 Å². The molecule has 166 valence electrons. The molecule has 0 aromatic heterocycles. The van der Waals surface area contributed by atoms with E-state index in [2.05, 4.69) is 27.8 Å². The molecule has 8 nitrogen and oxygen atoms in total. The molecule has 8 heteroatoms. The highest BCUT2D eigenvalue weighted by Gasteiger charge is 2.29. The van der Waals surface area contributed by atoms with Gasteiger partial charge in [0.15, 0.2) is 0 Å². The van der Waals surface area contributed by atoms with Crippen molar-refractivity contribution in [1.29, 1.82) is 0 Å². The maximum atomic E-state index is 12.6. The molecule has 1 aliphatic carbocycles. The molecular formula is C24H26N4O4. The van der Waals surface area contributed by atoms with Crippen molar-refractivity contribution in [3.05, 3.63) is 71.3 Å². The van der Waals surface area contributed by atoms with Gasteiger partial charge >= 0.3 is 0 Å². The Bertz CT molecular complexity index is 1010. The third-order valence-electron chi connectivity index (χ3n) is 4.97. The van der Waals surface area contributed by atoms with E-state index in [1.165, 1.54) is 5.48 Å². The van der Waals surface area contributed by atoms with Crippen LogP contribution in [-0.4, -0.2) is 47.6 Å². The molecule has 0 unspecified atom stereocenters. The van der Waals surface area contributed by atoms with E-state index in [1.54, 1.807) is 31.2 Å². The molecule has 0 bridgehead atoms. The van der Waals surface area contributed by atoms with Crippen LogP contribution in [0.5, 0.6) is 0 Å². The van der Waals surface area contributed by atoms with Gasteiger partial charge in [-0.05, 0) is 56.2 Å². The van der Waals surface area contributed by atoms with Crippen molar-refractivity contribution in [3.63, 3.8) is 0 Å². The third-order valence-corrected chi connectivity index (χ3v) is 4.97. The molecule has 0 spiro atoms. The molecule has 0 aliphatic heterocycles. The summed E-state index contributed by atoms with van der Waals surface area (Å²) in [4.78, 5) is 36.8. The van der Waals surface area contributed by atoms with Crippen LogP contribution in [0.2, 0.25) is 0 Å². The van der Waals surface area contributed by atoms with E-state index in [0.29, 0.717) is 11.6 Å². The Kier molecular flexibility index (Phi) is 7.97. The number of amides is 3. The minimum atomic E-state index is -1.16. The highest BCUT2D eigenvalue weighted by molar-refractivity contribution is 5.98. The molecule has 2 atom stereocenters. The van der Waals surface area contributed by atoms with Crippen LogP contribution in [0.4, 0.5) is 0 Å². The second-order valence-corrected chi connectivity index (χ2v) is 7.63. The molecular weight excluding hydrogens is 408 g/mol. The van der Waals surface area contributed by atoms with Gasteiger partial charge in [0.25, 0.3) is 11.8 Å². The Hall–Kier alpha value is -3.67. The van der Waals surface area contributed by atoms with Crippen molar-refractivity contribution in [3.8, 4) is 11.8 Å². The number of carbonyl (C=O) groups is 3. The van der Waals surface area contributed by atoms with E-state index in [4.69, 9.17) is 5.21 Å². The highest BCUT2D eigenvalue weighted by atomic mass is 16.5. The molecule has 2 aromatic carbocycles. The summed E-state index contributed by atoms with van der Waals surface area (Å²) < 4.78 is 0. The van der Waals surface area contributed by atoms with E-state index in [0.717, 1.165) is 24.0 Å². The summed E-state index contributed by atoms with van der Waals surface area (Å²) in [5, 5.41) is 17.4. The van der Waals surface area contributed by atoms with E-state index < -0.39 is 23.9 Å². The normalized spacial score (nSPS) is 14.3. The van der Waals surface area contributed by atoms with E-state index in [-0.39, 0.29) is 12.5 Å². The van der Waals surface area contributed by atoms with Gasteiger partial charge in [-0.1, -0.05) is 30.0 Å². The zero-order chi connectivity index (χ0) is 22.9. The molecule has 32 heavy (non-hydrogen) atoms. The number of hydrogen-bond acceptors (Lipinski definition) is 5. The molecule has 1 aliphatic rings. The predicted molar refractivity (Wildman–Crippen MR) is 119 cm³/mol. The maximum absolute atomic E-state index is 12.6. The Morgan fingerprint density at radius 2 is 1.59 bits per heavy atom. The number of carbonyl (C=O) groups excluding carboxylic acids is 3. The van der Waals surface area contributed by atoms with Gasteiger partial charge in [-0.2, -0.15) is 0 Å². The summed E-state index contributed by atoms with van der Waals surface area (Å²) in [6.45, 7) is 1.71. The monoisotopic (exact) mass is 434 g/mol. The molecule has 0 radical (unpaired) electrons. The van der Waals surface area contributed by atoms with Crippen LogP contribution in [0.1, 0.15) is 41.3 Å². The van der Waals surface area contributed by atoms with Gasteiger partial charge in [0.1, 0.15) is 6.04 Å². The van der Waals surface area contributed by atoms with Crippen LogP contribution in [0.25, 0.3) is 0 Å². The SMILES string of the molecule is C[C@@H](NC(=O)CNC1CC1)[C@H](NC(=O)c1ccc(C#Cc2ccccc2)cc1)C(=O)NO. The quantitative estimate of drug-likeness (QED) is 0.241. The fourth-order valence-corrected chi connectivity index (χ4v) is 3.00. The summed E-state index contributed by atoms with van der Waals surface area (Å²) in [7, 11) is 0. The lowest BCUT2D eigenvalue weighted by molar-refractivity contribution is -0.132. The minimum absolute atomic E-state index is 0.127. The molecule has 0 heterocycles. The van der Waals surface area contributed by atoms with Crippen molar-refractivity contribution in [2.24, 2.45) is 0 Å². The maximum Gasteiger partial charge on any atom is 0.268 e. The fourth-order valence-electron chi connectivity index (χ4n) is 3.00. The zero-order valence-electron chi connectivity index (χ0n) is 17.7. The van der Waals surface area contributed by atoms with Crippen LogP contribution in [0.3, 0.4) is 0 Å². The van der Waals surface area contributed by atoms with Crippen LogP contribution in [0.15, 0.2) is 54.6 Å². The van der Waals surface area contributed by atoms with Gasteiger partial charge in [0, 0.05) is 22.7 Å². The zero-order valence-corrected chi connectivity index (χ0v) is 17.7. The first-order chi connectivity index (χ1) is 15.5. The molecule has 3 amide bonds. The van der Waals surface area contributed by atoms with Crippen molar-refractivity contribution in [2.75, 3.05) is 6.54 Å². The second-order valence-electron chi connectivity index (χ2n) is 7.63. The lowest BCUT2D eigenvalue weighted by Gasteiger charge is -2.24. The van der Waals surface area contributed by atoms with Crippen molar-refractivity contribution in [2.45, 2.75) is 37.9 Å². The van der Waals surface area contributed by atoms with Crippen LogP contribution in [0, 0.1) is 11.8 Å². The Balaban J connectivity index is 1.60. The third kappa shape index (κ3) is 6.94. The summed E-state index contributed by atoms with van der Waals surface area (Å²) in [5.74, 6) is 4.43. The van der Waals surface area contributed by atoms with Gasteiger partial charge in [0.05, 0.1) is 12.6 Å². The Morgan fingerprint density at radius 3 is 2.19 bits per heavy atom. The summed E-state index contributed by atoms with van der Waals surface area (Å²) in [5.41, 5.74) is 3.48. The first-order valence-corrected chi connectivity index (χ1v) is 10.4. The van der Waals surface area contributed by atoms with Gasteiger partial charge in [-0.25, -0.2) is 5.48 Å². The van der Waals surface area contributed by atoms with Gasteiger partial charge in [0.2, 0.25) is 5.91 Å². The number of benzene rings is 2. The number of nitrogens with one attached hydrogen (secondary N) is 4. The smallest absolute Gasteiger partial charge is 0.268 e. The second kappa shape index (κ2) is 11.1. The Labute approximate surface area is 186 Å². The highest BCUT2D eigenvalue weighted by Crippen LogP contribution is 2.17. The van der Waals surface area contributed by atoms with Crippen molar-refractivity contribution in [1.82, 2.24) is 21.4 Å². The molecule has 5 N–H and O–H groups in total. The summed E-state index contributed by atoms with van der Waals surface area (Å²) >= 11 is 0. The van der Waals surface area contributed by atoms with Crippen LogP contribution >= 0.6 is 0 Å². The van der Waals surface area contributed by atoms with Crippen LogP contribution in [-0.2, 0) is 9.59 Å². The number of hydroxylamine groups is 1. The van der Waals surface area contributed by atoms with Crippen molar-refractivity contribution >= 4 is 17.7 Å². The topological polar surface area (TPSA) is 120 Å². The minimum Gasteiger partial charge on any atom is -0.350 e. The molecule has 1 saturated carbocycles. The van der Waals surface area contributed by atoms with Gasteiger partial charge < -0.3 is 16.0 Å².